The lowest BCUT2D eigenvalue weighted by Gasteiger charge is -2.06. The van der Waals surface area contributed by atoms with E-state index >= 15 is 0 Å². The molecule has 0 amide bonds. The Morgan fingerprint density at radius 2 is 0.706 bits per heavy atom. The molecule has 0 spiro atoms. The van der Waals surface area contributed by atoms with Gasteiger partial charge in [0.1, 0.15) is 0 Å². The van der Waals surface area contributed by atoms with Crippen LogP contribution in [0, 0.1) is 11.8 Å². The largest absolute Gasteiger partial charge is 0.549 e. The van der Waals surface area contributed by atoms with Gasteiger partial charge in [-0.25, -0.2) is 0 Å². The van der Waals surface area contributed by atoms with Gasteiger partial charge in [0, 0.05) is 0 Å². The summed E-state index contributed by atoms with van der Waals surface area (Å²) in [5.74, 6) is 1.61. The SMILES string of the molecule is CC(C)CCCCCCCCCCOC(=O)OOC(=O)OCCCCCCCCCCC(C)C. The van der Waals surface area contributed by atoms with E-state index in [0.29, 0.717) is 0 Å². The molecular formula is C28H54O6. The molecule has 6 nitrogen and oxygen atoms in total. The van der Waals surface area contributed by atoms with Crippen LogP contribution in [0.4, 0.5) is 9.59 Å². The molecule has 6 heteroatoms. The summed E-state index contributed by atoms with van der Waals surface area (Å²) in [6.45, 7) is 9.63. The van der Waals surface area contributed by atoms with Crippen LogP contribution in [0.3, 0.4) is 0 Å². The van der Waals surface area contributed by atoms with Crippen LogP contribution in [0.2, 0.25) is 0 Å². The van der Waals surface area contributed by atoms with Gasteiger partial charge >= 0.3 is 12.3 Å². The first-order valence-electron chi connectivity index (χ1n) is 14.1. The van der Waals surface area contributed by atoms with Crippen LogP contribution >= 0.6 is 0 Å². The first-order valence-corrected chi connectivity index (χ1v) is 14.1. The smallest absolute Gasteiger partial charge is 0.432 e. The molecule has 0 aromatic rings. The Balaban J connectivity index is 3.32. The van der Waals surface area contributed by atoms with Gasteiger partial charge in [-0.3, -0.25) is 0 Å². The lowest BCUT2D eigenvalue weighted by molar-refractivity contribution is -0.217. The highest BCUT2D eigenvalue weighted by Gasteiger charge is 2.11. The quantitative estimate of drug-likeness (QED) is 0.0656. The molecule has 0 atom stereocenters. The van der Waals surface area contributed by atoms with Crippen molar-refractivity contribution in [2.45, 2.75) is 143 Å². The normalized spacial score (nSPS) is 11.1. The summed E-state index contributed by atoms with van der Waals surface area (Å²) in [5, 5.41) is 0. The molecule has 0 N–H and O–H groups in total. The lowest BCUT2D eigenvalue weighted by atomic mass is 10.0. The Morgan fingerprint density at radius 3 is 1.00 bits per heavy atom. The van der Waals surface area contributed by atoms with Gasteiger partial charge in [-0.1, -0.05) is 130 Å². The summed E-state index contributed by atoms with van der Waals surface area (Å²) in [6.07, 6.45) is 19.5. The molecule has 0 rings (SSSR count). The summed E-state index contributed by atoms with van der Waals surface area (Å²) in [4.78, 5) is 31.5. The highest BCUT2D eigenvalue weighted by atomic mass is 17.3. The molecule has 0 aromatic heterocycles. The number of ether oxygens (including phenoxy) is 2. The van der Waals surface area contributed by atoms with Gasteiger partial charge in [0.15, 0.2) is 0 Å². The minimum absolute atomic E-state index is 0.267. The molecule has 0 aliphatic rings. The minimum atomic E-state index is -1.00. The molecule has 0 unspecified atom stereocenters. The van der Waals surface area contributed by atoms with Crippen LogP contribution < -0.4 is 0 Å². The summed E-state index contributed by atoms with van der Waals surface area (Å²) in [5.41, 5.74) is 0. The average molecular weight is 487 g/mol. The first-order chi connectivity index (χ1) is 16.4. The van der Waals surface area contributed by atoms with Crippen molar-refractivity contribution in [1.29, 1.82) is 0 Å². The fourth-order valence-corrected chi connectivity index (χ4v) is 3.86. The van der Waals surface area contributed by atoms with Crippen LogP contribution in [0.15, 0.2) is 0 Å². The van der Waals surface area contributed by atoms with Crippen molar-refractivity contribution in [2.24, 2.45) is 11.8 Å². The maximum absolute atomic E-state index is 11.4. The van der Waals surface area contributed by atoms with Gasteiger partial charge in [-0.2, -0.15) is 19.4 Å². The van der Waals surface area contributed by atoms with Gasteiger partial charge < -0.3 is 9.47 Å². The molecule has 0 fully saturated rings. The van der Waals surface area contributed by atoms with Gasteiger partial charge in [-0.05, 0) is 24.7 Å². The predicted molar refractivity (Wildman–Crippen MR) is 138 cm³/mol. The maximum atomic E-state index is 11.4. The number of carbonyl (C=O) groups excluding carboxylic acids is 2. The van der Waals surface area contributed by atoms with E-state index in [2.05, 4.69) is 37.5 Å². The van der Waals surface area contributed by atoms with Crippen LogP contribution in [-0.4, -0.2) is 25.5 Å². The number of rotatable bonds is 22. The maximum Gasteiger partial charge on any atom is 0.549 e. The van der Waals surface area contributed by atoms with Gasteiger partial charge in [0.05, 0.1) is 13.2 Å². The molecule has 0 heterocycles. The van der Waals surface area contributed by atoms with E-state index in [0.717, 1.165) is 50.4 Å². The van der Waals surface area contributed by atoms with Crippen molar-refractivity contribution >= 4 is 12.3 Å². The second-order valence-electron chi connectivity index (χ2n) is 10.4. The van der Waals surface area contributed by atoms with Gasteiger partial charge in [0.2, 0.25) is 0 Å². The zero-order chi connectivity index (χ0) is 25.3. The van der Waals surface area contributed by atoms with Crippen molar-refractivity contribution in [2.75, 3.05) is 13.2 Å². The van der Waals surface area contributed by atoms with Crippen LogP contribution in [0.1, 0.15) is 143 Å². The predicted octanol–water partition coefficient (Wildman–Crippen LogP) is 9.54. The molecule has 0 radical (unpaired) electrons. The first kappa shape index (κ1) is 32.5. The Kier molecular flexibility index (Phi) is 23.6. The van der Waals surface area contributed by atoms with Crippen molar-refractivity contribution < 1.29 is 28.8 Å². The molecule has 0 aliphatic carbocycles. The Labute approximate surface area is 209 Å². The van der Waals surface area contributed by atoms with E-state index in [-0.39, 0.29) is 13.2 Å². The second kappa shape index (κ2) is 24.7. The standard InChI is InChI=1S/C28H54O6/c1-25(2)21-17-13-9-5-7-11-15-19-23-31-27(29)33-34-28(30)32-24-20-16-12-8-6-10-14-18-22-26(3)4/h25-26H,5-24H2,1-4H3. The molecule has 0 aromatic carbocycles. The number of hydrogen-bond acceptors (Lipinski definition) is 6. The third kappa shape index (κ3) is 26.8. The molecule has 0 saturated heterocycles. The number of carbonyl (C=O) groups is 2. The summed E-state index contributed by atoms with van der Waals surface area (Å²) in [6, 6.07) is 0. The third-order valence-electron chi connectivity index (χ3n) is 5.97. The third-order valence-corrected chi connectivity index (χ3v) is 5.97. The van der Waals surface area contributed by atoms with Crippen molar-refractivity contribution in [1.82, 2.24) is 0 Å². The summed E-state index contributed by atoms with van der Waals surface area (Å²) < 4.78 is 9.79. The number of unbranched alkanes of at least 4 members (excludes halogenated alkanes) is 14. The Bertz CT molecular complexity index is 422. The van der Waals surface area contributed by atoms with Crippen LogP contribution in [-0.2, 0) is 19.2 Å². The molecular weight excluding hydrogens is 432 g/mol. The molecule has 34 heavy (non-hydrogen) atoms. The van der Waals surface area contributed by atoms with Gasteiger partial charge in [-0.15, -0.1) is 0 Å². The summed E-state index contributed by atoms with van der Waals surface area (Å²) in [7, 11) is 0. The van der Waals surface area contributed by atoms with E-state index in [9.17, 15) is 9.59 Å². The van der Waals surface area contributed by atoms with E-state index in [4.69, 9.17) is 9.47 Å². The molecule has 0 saturated carbocycles. The van der Waals surface area contributed by atoms with E-state index in [1.807, 2.05) is 0 Å². The Morgan fingerprint density at radius 1 is 0.441 bits per heavy atom. The topological polar surface area (TPSA) is 71.1 Å². The highest BCUT2D eigenvalue weighted by Crippen LogP contribution is 2.13. The van der Waals surface area contributed by atoms with Crippen LogP contribution in [0.25, 0.3) is 0 Å². The van der Waals surface area contributed by atoms with Crippen molar-refractivity contribution in [3.8, 4) is 0 Å². The molecule has 0 bridgehead atoms. The van der Waals surface area contributed by atoms with Crippen LogP contribution in [0.5, 0.6) is 0 Å². The summed E-state index contributed by atoms with van der Waals surface area (Å²) >= 11 is 0. The minimum Gasteiger partial charge on any atom is -0.432 e. The zero-order valence-electron chi connectivity index (χ0n) is 22.7. The second-order valence-corrected chi connectivity index (χ2v) is 10.4. The van der Waals surface area contributed by atoms with Crippen molar-refractivity contribution in [3.63, 3.8) is 0 Å². The fraction of sp³-hybridized carbons (Fsp3) is 0.929. The highest BCUT2D eigenvalue weighted by molar-refractivity contribution is 5.63. The monoisotopic (exact) mass is 486 g/mol. The molecule has 0 aliphatic heterocycles. The van der Waals surface area contributed by atoms with Crippen molar-refractivity contribution in [3.05, 3.63) is 0 Å². The molecule has 202 valence electrons. The van der Waals surface area contributed by atoms with E-state index in [1.165, 1.54) is 77.0 Å². The van der Waals surface area contributed by atoms with E-state index in [1.54, 1.807) is 0 Å². The Hall–Kier alpha value is -1.46. The van der Waals surface area contributed by atoms with E-state index < -0.39 is 12.3 Å². The average Bonchev–Trinajstić information content (AvgIpc) is 2.79. The number of hydrogen-bond donors (Lipinski definition) is 0. The fourth-order valence-electron chi connectivity index (χ4n) is 3.86. The van der Waals surface area contributed by atoms with Gasteiger partial charge in [0.25, 0.3) is 0 Å². The lowest BCUT2D eigenvalue weighted by Crippen LogP contribution is -2.14. The zero-order valence-corrected chi connectivity index (χ0v) is 22.7.